The second-order valence-corrected chi connectivity index (χ2v) is 7.04. The van der Waals surface area contributed by atoms with Crippen molar-refractivity contribution in [1.82, 2.24) is 4.90 Å². The molecule has 3 nitrogen and oxygen atoms in total. The van der Waals surface area contributed by atoms with Crippen LogP contribution in [0.4, 0.5) is 0 Å². The molecule has 0 aliphatic carbocycles. The number of benzene rings is 2. The van der Waals surface area contributed by atoms with Gasteiger partial charge in [-0.2, -0.15) is 0 Å². The Morgan fingerprint density at radius 1 is 0.960 bits per heavy atom. The predicted molar refractivity (Wildman–Crippen MR) is 102 cm³/mol. The van der Waals surface area contributed by atoms with E-state index >= 15 is 0 Å². The van der Waals surface area contributed by atoms with Gasteiger partial charge in [-0.25, -0.2) is 0 Å². The van der Waals surface area contributed by atoms with Crippen molar-refractivity contribution in [2.45, 2.75) is 18.0 Å². The van der Waals surface area contributed by atoms with Gasteiger partial charge in [0, 0.05) is 16.5 Å². The minimum absolute atomic E-state index is 0.0696. The Morgan fingerprint density at radius 3 is 2.40 bits per heavy atom. The molecule has 3 rings (SSSR count). The van der Waals surface area contributed by atoms with Crippen LogP contribution in [0.25, 0.3) is 0 Å². The number of furan rings is 1. The third-order valence-electron chi connectivity index (χ3n) is 3.67. The van der Waals surface area contributed by atoms with E-state index in [0.717, 1.165) is 16.2 Å². The van der Waals surface area contributed by atoms with Crippen molar-refractivity contribution in [2.75, 3.05) is 5.75 Å². The van der Waals surface area contributed by atoms with Crippen LogP contribution in [-0.2, 0) is 17.9 Å². The highest BCUT2D eigenvalue weighted by molar-refractivity contribution is 8.00. The lowest BCUT2D eigenvalue weighted by atomic mass is 10.2. The van der Waals surface area contributed by atoms with Gasteiger partial charge in [0.2, 0.25) is 5.91 Å². The summed E-state index contributed by atoms with van der Waals surface area (Å²) in [5, 5.41) is 0.694. The summed E-state index contributed by atoms with van der Waals surface area (Å²) in [6, 6.07) is 21.2. The molecule has 0 saturated carbocycles. The van der Waals surface area contributed by atoms with Gasteiger partial charge < -0.3 is 9.32 Å². The van der Waals surface area contributed by atoms with Crippen molar-refractivity contribution in [1.29, 1.82) is 0 Å². The van der Waals surface area contributed by atoms with E-state index in [2.05, 4.69) is 0 Å². The summed E-state index contributed by atoms with van der Waals surface area (Å²) in [6.45, 7) is 1.02. The molecule has 3 aromatic rings. The zero-order chi connectivity index (χ0) is 17.5. The first-order chi connectivity index (χ1) is 12.2. The zero-order valence-corrected chi connectivity index (χ0v) is 15.2. The molecular formula is C20H18ClNO2S. The maximum absolute atomic E-state index is 12.8. The van der Waals surface area contributed by atoms with Crippen LogP contribution in [0.1, 0.15) is 11.3 Å². The molecule has 1 heterocycles. The maximum atomic E-state index is 12.8. The van der Waals surface area contributed by atoms with Crippen LogP contribution < -0.4 is 0 Å². The monoisotopic (exact) mass is 371 g/mol. The van der Waals surface area contributed by atoms with E-state index in [1.54, 1.807) is 6.26 Å². The van der Waals surface area contributed by atoms with E-state index in [0.29, 0.717) is 23.9 Å². The molecule has 0 saturated heterocycles. The summed E-state index contributed by atoms with van der Waals surface area (Å²) in [6.07, 6.45) is 1.63. The quantitative estimate of drug-likeness (QED) is 0.531. The van der Waals surface area contributed by atoms with E-state index in [4.69, 9.17) is 16.0 Å². The highest BCUT2D eigenvalue weighted by Gasteiger charge is 2.16. The minimum Gasteiger partial charge on any atom is -0.467 e. The lowest BCUT2D eigenvalue weighted by molar-refractivity contribution is -0.129. The van der Waals surface area contributed by atoms with Crippen LogP contribution in [-0.4, -0.2) is 16.6 Å². The number of rotatable bonds is 7. The molecule has 2 aromatic carbocycles. The van der Waals surface area contributed by atoms with Gasteiger partial charge in [0.25, 0.3) is 0 Å². The topological polar surface area (TPSA) is 33.5 Å². The first-order valence-electron chi connectivity index (χ1n) is 7.93. The van der Waals surface area contributed by atoms with Crippen molar-refractivity contribution in [3.05, 3.63) is 89.3 Å². The van der Waals surface area contributed by atoms with E-state index in [9.17, 15) is 4.79 Å². The van der Waals surface area contributed by atoms with Gasteiger partial charge in [0.05, 0.1) is 18.6 Å². The highest BCUT2D eigenvalue weighted by atomic mass is 35.5. The number of hydrogen-bond donors (Lipinski definition) is 0. The fourth-order valence-corrected chi connectivity index (χ4v) is 3.32. The Labute approximate surface area is 156 Å². The molecule has 25 heavy (non-hydrogen) atoms. The van der Waals surface area contributed by atoms with Gasteiger partial charge >= 0.3 is 0 Å². The lowest BCUT2D eigenvalue weighted by Crippen LogP contribution is -2.31. The van der Waals surface area contributed by atoms with Crippen molar-refractivity contribution in [2.24, 2.45) is 0 Å². The molecule has 5 heteroatoms. The first-order valence-corrected chi connectivity index (χ1v) is 9.29. The van der Waals surface area contributed by atoms with Gasteiger partial charge in [-0.05, 0) is 42.0 Å². The fourth-order valence-electron chi connectivity index (χ4n) is 2.39. The third kappa shape index (κ3) is 5.41. The van der Waals surface area contributed by atoms with Crippen molar-refractivity contribution in [3.63, 3.8) is 0 Å². The average Bonchev–Trinajstić information content (AvgIpc) is 3.14. The Balaban J connectivity index is 1.66. The van der Waals surface area contributed by atoms with Crippen LogP contribution >= 0.6 is 23.4 Å². The van der Waals surface area contributed by atoms with E-state index in [1.165, 1.54) is 11.8 Å². The van der Waals surface area contributed by atoms with Gasteiger partial charge in [-0.1, -0.05) is 41.9 Å². The fraction of sp³-hybridized carbons (Fsp3) is 0.150. The summed E-state index contributed by atoms with van der Waals surface area (Å²) < 4.78 is 5.41. The first kappa shape index (κ1) is 17.6. The second-order valence-electron chi connectivity index (χ2n) is 5.56. The molecule has 0 bridgehead atoms. The smallest absolute Gasteiger partial charge is 0.233 e. The van der Waals surface area contributed by atoms with Crippen LogP contribution in [0.2, 0.25) is 5.02 Å². The normalized spacial score (nSPS) is 10.6. The third-order valence-corrected chi connectivity index (χ3v) is 4.92. The molecule has 0 N–H and O–H groups in total. The van der Waals surface area contributed by atoms with Crippen LogP contribution in [0.15, 0.2) is 82.3 Å². The number of nitrogens with zero attached hydrogens (tertiary/aromatic N) is 1. The Hall–Kier alpha value is -2.17. The van der Waals surface area contributed by atoms with Crippen molar-refractivity contribution < 1.29 is 9.21 Å². The Morgan fingerprint density at radius 2 is 1.72 bits per heavy atom. The van der Waals surface area contributed by atoms with Crippen LogP contribution in [0, 0.1) is 0 Å². The van der Waals surface area contributed by atoms with Gasteiger partial charge in [-0.15, -0.1) is 11.8 Å². The van der Waals surface area contributed by atoms with Gasteiger partial charge in [0.1, 0.15) is 5.76 Å². The molecule has 0 fully saturated rings. The molecule has 0 aliphatic heterocycles. The van der Waals surface area contributed by atoms with Crippen molar-refractivity contribution >= 4 is 29.3 Å². The summed E-state index contributed by atoms with van der Waals surface area (Å²) >= 11 is 7.41. The molecule has 128 valence electrons. The average molecular weight is 372 g/mol. The summed E-state index contributed by atoms with van der Waals surface area (Å²) in [5.41, 5.74) is 1.10. The van der Waals surface area contributed by atoms with E-state index in [-0.39, 0.29) is 5.91 Å². The Bertz CT molecular complexity index is 788. The zero-order valence-electron chi connectivity index (χ0n) is 13.6. The van der Waals surface area contributed by atoms with E-state index < -0.39 is 0 Å². The SMILES string of the molecule is O=C(CSc1ccc(Cl)cc1)N(Cc1ccccc1)Cc1ccco1. The van der Waals surface area contributed by atoms with Crippen LogP contribution in [0.3, 0.4) is 0 Å². The molecule has 0 radical (unpaired) electrons. The predicted octanol–water partition coefficient (Wildman–Crippen LogP) is 5.25. The van der Waals surface area contributed by atoms with Gasteiger partial charge in [0.15, 0.2) is 0 Å². The summed E-state index contributed by atoms with van der Waals surface area (Å²) in [5.74, 6) is 1.22. The highest BCUT2D eigenvalue weighted by Crippen LogP contribution is 2.21. The molecule has 0 spiro atoms. The maximum Gasteiger partial charge on any atom is 0.233 e. The van der Waals surface area contributed by atoms with E-state index in [1.807, 2.05) is 71.6 Å². The molecule has 0 aliphatic rings. The number of thioether (sulfide) groups is 1. The number of carbonyl (C=O) groups is 1. The molecular weight excluding hydrogens is 354 g/mol. The van der Waals surface area contributed by atoms with Gasteiger partial charge in [-0.3, -0.25) is 4.79 Å². The summed E-state index contributed by atoms with van der Waals surface area (Å²) in [4.78, 5) is 15.6. The summed E-state index contributed by atoms with van der Waals surface area (Å²) in [7, 11) is 0. The largest absolute Gasteiger partial charge is 0.467 e. The standard InChI is InChI=1S/C20H18ClNO2S/c21-17-8-10-19(11-9-17)25-15-20(23)22(14-18-7-4-12-24-18)13-16-5-2-1-3-6-16/h1-12H,13-15H2. The molecule has 1 aromatic heterocycles. The molecule has 0 unspecified atom stereocenters. The lowest BCUT2D eigenvalue weighted by Gasteiger charge is -2.22. The number of halogens is 1. The molecule has 0 atom stereocenters. The number of amides is 1. The number of carbonyl (C=O) groups excluding carboxylic acids is 1. The van der Waals surface area contributed by atoms with Crippen LogP contribution in [0.5, 0.6) is 0 Å². The minimum atomic E-state index is 0.0696. The Kier molecular flexibility index (Phi) is 6.20. The molecule has 1 amide bonds. The van der Waals surface area contributed by atoms with Crippen molar-refractivity contribution in [3.8, 4) is 0 Å². The number of hydrogen-bond acceptors (Lipinski definition) is 3. The second kappa shape index (κ2) is 8.79.